The number of carbonyl (C=O) groups excluding carboxylic acids is 1. The largest absolute Gasteiger partial charge is 0.381 e. The summed E-state index contributed by atoms with van der Waals surface area (Å²) in [6.07, 6.45) is 9.22. The molecular weight excluding hydrogens is 226 g/mol. The fourth-order valence-electron chi connectivity index (χ4n) is 4.13. The lowest BCUT2D eigenvalue weighted by molar-refractivity contribution is -0.127. The Balaban J connectivity index is 1.67. The average molecular weight is 251 g/mol. The smallest absolute Gasteiger partial charge is 0.137 e. The second kappa shape index (κ2) is 5.70. The third kappa shape index (κ3) is 2.48. The monoisotopic (exact) mass is 251 g/mol. The summed E-state index contributed by atoms with van der Waals surface area (Å²) in [4.78, 5) is 14.8. The highest BCUT2D eigenvalue weighted by atomic mass is 16.5. The summed E-state index contributed by atoms with van der Waals surface area (Å²) in [7, 11) is 0. The number of ether oxygens (including phenoxy) is 1. The molecule has 3 nitrogen and oxygen atoms in total. The molecule has 0 spiro atoms. The molecule has 0 aromatic rings. The van der Waals surface area contributed by atoms with Gasteiger partial charge in [-0.1, -0.05) is 6.42 Å². The van der Waals surface area contributed by atoms with Crippen LogP contribution in [0.3, 0.4) is 0 Å². The van der Waals surface area contributed by atoms with Gasteiger partial charge in [-0.25, -0.2) is 0 Å². The fraction of sp³-hybridized carbons (Fsp3) is 0.933. The van der Waals surface area contributed by atoms with Crippen LogP contribution in [0.25, 0.3) is 0 Å². The normalized spacial score (nSPS) is 36.1. The van der Waals surface area contributed by atoms with Crippen LogP contribution in [0, 0.1) is 5.92 Å². The van der Waals surface area contributed by atoms with Crippen LogP contribution in [-0.4, -0.2) is 42.5 Å². The molecule has 0 radical (unpaired) electrons. The third-order valence-corrected chi connectivity index (χ3v) is 5.07. The maximum absolute atomic E-state index is 12.2. The zero-order valence-electron chi connectivity index (χ0n) is 11.3. The van der Waals surface area contributed by atoms with Crippen LogP contribution in [0.15, 0.2) is 0 Å². The van der Waals surface area contributed by atoms with Gasteiger partial charge < -0.3 is 4.74 Å². The molecule has 0 bridgehead atoms. The van der Waals surface area contributed by atoms with Crippen LogP contribution in [-0.2, 0) is 9.53 Å². The van der Waals surface area contributed by atoms with Gasteiger partial charge in [-0.05, 0) is 45.1 Å². The van der Waals surface area contributed by atoms with E-state index in [9.17, 15) is 4.79 Å². The molecule has 0 amide bonds. The van der Waals surface area contributed by atoms with Gasteiger partial charge in [0.2, 0.25) is 0 Å². The van der Waals surface area contributed by atoms with E-state index in [1.54, 1.807) is 0 Å². The summed E-state index contributed by atoms with van der Waals surface area (Å²) >= 11 is 0. The molecule has 3 aliphatic rings. The van der Waals surface area contributed by atoms with Crippen molar-refractivity contribution in [2.75, 3.05) is 19.8 Å². The van der Waals surface area contributed by atoms with E-state index in [4.69, 9.17) is 4.74 Å². The molecule has 2 heterocycles. The molecule has 3 fully saturated rings. The van der Waals surface area contributed by atoms with Crippen molar-refractivity contribution < 1.29 is 9.53 Å². The van der Waals surface area contributed by atoms with Crippen LogP contribution in [0.5, 0.6) is 0 Å². The van der Waals surface area contributed by atoms with Crippen molar-refractivity contribution in [1.29, 1.82) is 0 Å². The molecule has 18 heavy (non-hydrogen) atoms. The van der Waals surface area contributed by atoms with Gasteiger partial charge in [-0.3, -0.25) is 9.69 Å². The summed E-state index contributed by atoms with van der Waals surface area (Å²) in [5, 5.41) is 0. The number of likely N-dealkylation sites (tertiary alicyclic amines) is 1. The van der Waals surface area contributed by atoms with Crippen molar-refractivity contribution in [3.05, 3.63) is 0 Å². The van der Waals surface area contributed by atoms with E-state index >= 15 is 0 Å². The molecule has 1 aliphatic carbocycles. The summed E-state index contributed by atoms with van der Waals surface area (Å²) < 4.78 is 5.47. The molecule has 2 aliphatic heterocycles. The summed E-state index contributed by atoms with van der Waals surface area (Å²) in [5.41, 5.74) is 0. The Bertz CT molecular complexity index is 299. The zero-order chi connectivity index (χ0) is 12.4. The third-order valence-electron chi connectivity index (χ3n) is 5.07. The summed E-state index contributed by atoms with van der Waals surface area (Å²) in [5.74, 6) is 0.898. The van der Waals surface area contributed by atoms with Gasteiger partial charge in [0.25, 0.3) is 0 Å². The van der Waals surface area contributed by atoms with Crippen LogP contribution >= 0.6 is 0 Å². The summed E-state index contributed by atoms with van der Waals surface area (Å²) in [6.45, 7) is 3.03. The van der Waals surface area contributed by atoms with Crippen LogP contribution in [0.4, 0.5) is 0 Å². The van der Waals surface area contributed by atoms with E-state index in [-0.39, 0.29) is 0 Å². The molecule has 0 aromatic carbocycles. The summed E-state index contributed by atoms with van der Waals surface area (Å²) in [6, 6.07) is 1.24. The van der Waals surface area contributed by atoms with Crippen molar-refractivity contribution in [1.82, 2.24) is 4.90 Å². The van der Waals surface area contributed by atoms with Gasteiger partial charge in [0.15, 0.2) is 0 Å². The minimum Gasteiger partial charge on any atom is -0.381 e. The Morgan fingerprint density at radius 3 is 2.61 bits per heavy atom. The number of Topliss-reactive ketones (excluding diaryl/α,β-unsaturated/α-hetero) is 1. The minimum atomic E-state index is 0.351. The molecule has 102 valence electrons. The molecule has 3 rings (SSSR count). The van der Waals surface area contributed by atoms with E-state index in [0.717, 1.165) is 45.3 Å². The quantitative estimate of drug-likeness (QED) is 0.754. The number of hydrogen-bond acceptors (Lipinski definition) is 3. The number of hydrogen-bond donors (Lipinski definition) is 0. The molecule has 0 aromatic heterocycles. The van der Waals surface area contributed by atoms with E-state index < -0.39 is 0 Å². The van der Waals surface area contributed by atoms with E-state index in [1.165, 1.54) is 25.8 Å². The van der Waals surface area contributed by atoms with Crippen molar-refractivity contribution in [2.24, 2.45) is 5.92 Å². The number of rotatable bonds is 2. The Morgan fingerprint density at radius 2 is 1.83 bits per heavy atom. The number of carbonyl (C=O) groups is 1. The first-order chi connectivity index (χ1) is 8.86. The Labute approximate surface area is 110 Å². The van der Waals surface area contributed by atoms with Gasteiger partial charge in [-0.2, -0.15) is 0 Å². The first kappa shape index (κ1) is 12.6. The molecular formula is C15H25NO2. The second-order valence-electron chi connectivity index (χ2n) is 6.11. The maximum Gasteiger partial charge on any atom is 0.137 e. The lowest BCUT2D eigenvalue weighted by atomic mass is 9.81. The van der Waals surface area contributed by atoms with Crippen molar-refractivity contribution in [3.8, 4) is 0 Å². The van der Waals surface area contributed by atoms with Gasteiger partial charge in [0, 0.05) is 37.6 Å². The lowest BCUT2D eigenvalue weighted by Gasteiger charge is -2.39. The highest BCUT2D eigenvalue weighted by Gasteiger charge is 2.39. The van der Waals surface area contributed by atoms with Gasteiger partial charge >= 0.3 is 0 Å². The fourth-order valence-corrected chi connectivity index (χ4v) is 4.13. The molecule has 2 unspecified atom stereocenters. The predicted molar refractivity (Wildman–Crippen MR) is 70.5 cm³/mol. The lowest BCUT2D eigenvalue weighted by Crippen LogP contribution is -2.47. The first-order valence-electron chi connectivity index (χ1n) is 7.72. The average Bonchev–Trinajstić information content (AvgIpc) is 2.89. The maximum atomic E-state index is 12.2. The SMILES string of the molecule is O=C1CCCCC1C1CCCN1C1CCOCC1. The van der Waals surface area contributed by atoms with Crippen LogP contribution in [0.1, 0.15) is 51.4 Å². The molecule has 2 atom stereocenters. The molecule has 2 saturated heterocycles. The van der Waals surface area contributed by atoms with Crippen LogP contribution in [0.2, 0.25) is 0 Å². The van der Waals surface area contributed by atoms with Gasteiger partial charge in [-0.15, -0.1) is 0 Å². The van der Waals surface area contributed by atoms with Crippen molar-refractivity contribution >= 4 is 5.78 Å². The minimum absolute atomic E-state index is 0.351. The van der Waals surface area contributed by atoms with E-state index in [0.29, 0.717) is 23.8 Å². The number of ketones is 1. The van der Waals surface area contributed by atoms with Crippen molar-refractivity contribution in [2.45, 2.75) is 63.5 Å². The number of nitrogens with zero attached hydrogens (tertiary/aromatic N) is 1. The van der Waals surface area contributed by atoms with E-state index in [1.807, 2.05) is 0 Å². The van der Waals surface area contributed by atoms with Gasteiger partial charge in [0.1, 0.15) is 5.78 Å². The van der Waals surface area contributed by atoms with Crippen LogP contribution < -0.4 is 0 Å². The highest BCUT2D eigenvalue weighted by molar-refractivity contribution is 5.82. The van der Waals surface area contributed by atoms with Gasteiger partial charge in [0.05, 0.1) is 0 Å². The Hall–Kier alpha value is -0.410. The standard InChI is InChI=1S/C15H25NO2/c17-15-6-2-1-4-13(15)14-5-3-9-16(14)12-7-10-18-11-8-12/h12-14H,1-11H2. The molecule has 1 saturated carbocycles. The Morgan fingerprint density at radius 1 is 1.00 bits per heavy atom. The Kier molecular flexibility index (Phi) is 4.00. The zero-order valence-corrected chi connectivity index (χ0v) is 11.3. The van der Waals surface area contributed by atoms with E-state index in [2.05, 4.69) is 4.90 Å². The highest BCUT2D eigenvalue weighted by Crippen LogP contribution is 2.35. The molecule has 0 N–H and O–H groups in total. The molecule has 3 heteroatoms. The van der Waals surface area contributed by atoms with Crippen molar-refractivity contribution in [3.63, 3.8) is 0 Å². The second-order valence-corrected chi connectivity index (χ2v) is 6.11. The topological polar surface area (TPSA) is 29.5 Å². The first-order valence-corrected chi connectivity index (χ1v) is 7.72. The predicted octanol–water partition coefficient (Wildman–Crippen LogP) is 2.39.